The lowest BCUT2D eigenvalue weighted by molar-refractivity contribution is -0.193. The predicted molar refractivity (Wildman–Crippen MR) is 203 cm³/mol. The van der Waals surface area contributed by atoms with Gasteiger partial charge in [0.15, 0.2) is 5.79 Å². The second kappa shape index (κ2) is 28.0. The Morgan fingerprint density at radius 3 is 1.33 bits per heavy atom. The van der Waals surface area contributed by atoms with Gasteiger partial charge in [-0.15, -0.1) is 0 Å². The maximum atomic E-state index is 6.86. The summed E-state index contributed by atoms with van der Waals surface area (Å²) in [5, 5.41) is 0. The molecule has 1 aliphatic carbocycles. The number of ether oxygens (including phenoxy) is 2. The second-order valence-electron chi connectivity index (χ2n) is 15.1. The first kappa shape index (κ1) is 41.3. The average Bonchev–Trinajstić information content (AvgIpc) is 3.55. The molecule has 2 aliphatic rings. The van der Waals surface area contributed by atoms with Crippen LogP contribution in [0.15, 0.2) is 36.5 Å². The van der Waals surface area contributed by atoms with Crippen molar-refractivity contribution in [2.75, 3.05) is 20.6 Å². The fraction of sp³-hybridized carbons (Fsp3) is 0.860. The Morgan fingerprint density at radius 2 is 0.870 bits per heavy atom. The van der Waals surface area contributed by atoms with Gasteiger partial charge in [-0.2, -0.15) is 0 Å². The van der Waals surface area contributed by atoms with Crippen molar-refractivity contribution < 1.29 is 9.47 Å². The lowest BCUT2D eigenvalue weighted by atomic mass is 9.98. The topological polar surface area (TPSA) is 21.7 Å². The molecule has 2 atom stereocenters. The summed E-state index contributed by atoms with van der Waals surface area (Å²) in [5.74, 6) is 0.424. The Balaban J connectivity index is 1.58. The van der Waals surface area contributed by atoms with Crippen LogP contribution in [-0.2, 0) is 9.47 Å². The molecule has 2 fully saturated rings. The normalized spacial score (nSPS) is 23.3. The third kappa shape index (κ3) is 20.5. The molecule has 0 amide bonds. The van der Waals surface area contributed by atoms with Crippen LogP contribution in [0.5, 0.6) is 0 Å². The highest BCUT2D eigenvalue weighted by molar-refractivity contribution is 4.95. The van der Waals surface area contributed by atoms with Crippen LogP contribution in [0.2, 0.25) is 0 Å². The van der Waals surface area contributed by atoms with Crippen molar-refractivity contribution in [3.63, 3.8) is 0 Å². The van der Waals surface area contributed by atoms with Crippen LogP contribution in [0.1, 0.15) is 194 Å². The summed E-state index contributed by atoms with van der Waals surface area (Å²) < 4.78 is 13.7. The van der Waals surface area contributed by atoms with Crippen LogP contribution in [-0.4, -0.2) is 43.5 Å². The molecule has 0 spiro atoms. The molecular weight excluding hydrogens is 562 g/mol. The largest absolute Gasteiger partial charge is 0.344 e. The zero-order valence-electron chi connectivity index (χ0n) is 31.5. The molecular formula is C43H79NO2. The van der Waals surface area contributed by atoms with Crippen molar-refractivity contribution in [3.05, 3.63) is 36.5 Å². The van der Waals surface area contributed by atoms with Crippen LogP contribution in [0, 0.1) is 5.92 Å². The number of fused-ring (bicyclic) bond motifs is 1. The molecule has 1 aliphatic heterocycles. The van der Waals surface area contributed by atoms with Gasteiger partial charge in [-0.25, -0.2) is 0 Å². The molecule has 2 unspecified atom stereocenters. The van der Waals surface area contributed by atoms with E-state index in [1.54, 1.807) is 0 Å². The minimum absolute atomic E-state index is 0.298. The quantitative estimate of drug-likeness (QED) is 0.0555. The van der Waals surface area contributed by atoms with E-state index in [2.05, 4.69) is 69.3 Å². The van der Waals surface area contributed by atoms with Gasteiger partial charge in [0.25, 0.3) is 0 Å². The molecule has 3 nitrogen and oxygen atoms in total. The van der Waals surface area contributed by atoms with E-state index in [-0.39, 0.29) is 5.79 Å². The molecule has 0 radical (unpaired) electrons. The van der Waals surface area contributed by atoms with Crippen LogP contribution in [0.4, 0.5) is 0 Å². The molecule has 0 aromatic heterocycles. The minimum Gasteiger partial charge on any atom is -0.344 e. The van der Waals surface area contributed by atoms with E-state index in [1.807, 2.05) is 0 Å². The first-order chi connectivity index (χ1) is 22.6. The van der Waals surface area contributed by atoms with Crippen molar-refractivity contribution in [1.82, 2.24) is 4.90 Å². The third-order valence-electron chi connectivity index (χ3n) is 10.2. The van der Waals surface area contributed by atoms with Gasteiger partial charge in [-0.1, -0.05) is 134 Å². The first-order valence-corrected chi connectivity index (χ1v) is 20.5. The highest BCUT2D eigenvalue weighted by atomic mass is 16.8. The van der Waals surface area contributed by atoms with Gasteiger partial charge in [0.05, 0.1) is 12.2 Å². The van der Waals surface area contributed by atoms with Gasteiger partial charge in [-0.3, -0.25) is 0 Å². The Bertz CT molecular complexity index is 757. The number of rotatable bonds is 31. The summed E-state index contributed by atoms with van der Waals surface area (Å²) in [4.78, 5) is 2.33. The lowest BCUT2D eigenvalue weighted by Crippen LogP contribution is -2.33. The highest BCUT2D eigenvalue weighted by Crippen LogP contribution is 2.45. The fourth-order valence-electron chi connectivity index (χ4n) is 7.58. The fourth-order valence-corrected chi connectivity index (χ4v) is 7.58. The van der Waals surface area contributed by atoms with E-state index in [1.165, 1.54) is 161 Å². The Hall–Kier alpha value is -0.900. The van der Waals surface area contributed by atoms with Gasteiger partial charge >= 0.3 is 0 Å². The molecule has 268 valence electrons. The SMILES string of the molecule is CCCCC/C=C\C/C=C\CCCCCCCCC1(CCCCCCC/C=C/CCCCCCC)OC2CC(CN(C)C)CC2O1. The van der Waals surface area contributed by atoms with Crippen LogP contribution in [0.25, 0.3) is 0 Å². The summed E-state index contributed by atoms with van der Waals surface area (Å²) in [7, 11) is 4.38. The number of nitrogens with zero attached hydrogens (tertiary/aromatic N) is 1. The van der Waals surface area contributed by atoms with Crippen LogP contribution >= 0.6 is 0 Å². The minimum atomic E-state index is -0.298. The van der Waals surface area contributed by atoms with Crippen LogP contribution in [0.3, 0.4) is 0 Å². The summed E-state index contributed by atoms with van der Waals surface area (Å²) in [6.07, 6.45) is 51.2. The standard InChI is InChI=1S/C43H79NO2/c1-5-7-9-11-13-15-17-19-21-22-24-26-28-30-32-34-36-43(45-41-37-40(39-44(3)4)38-42(41)46-43)35-33-31-29-27-25-23-20-18-16-14-12-10-8-6-2/h13,15,18-21,40-42H,5-12,14,16-17,22-39H2,1-4H3/b15-13-,20-18+,21-19-. The molecule has 3 heteroatoms. The first-order valence-electron chi connectivity index (χ1n) is 20.5. The smallest absolute Gasteiger partial charge is 0.169 e. The van der Waals surface area contributed by atoms with E-state index in [4.69, 9.17) is 9.47 Å². The van der Waals surface area contributed by atoms with E-state index < -0.39 is 0 Å². The Morgan fingerprint density at radius 1 is 0.500 bits per heavy atom. The third-order valence-corrected chi connectivity index (χ3v) is 10.2. The van der Waals surface area contributed by atoms with Crippen molar-refractivity contribution >= 4 is 0 Å². The number of allylic oxidation sites excluding steroid dienone is 6. The highest BCUT2D eigenvalue weighted by Gasteiger charge is 2.50. The predicted octanol–water partition coefficient (Wildman–Crippen LogP) is 13.3. The van der Waals surface area contributed by atoms with Gasteiger partial charge in [0, 0.05) is 19.4 Å². The van der Waals surface area contributed by atoms with Crippen molar-refractivity contribution in [2.24, 2.45) is 5.92 Å². The van der Waals surface area contributed by atoms with E-state index in [0.29, 0.717) is 12.2 Å². The van der Waals surface area contributed by atoms with Crippen molar-refractivity contribution in [3.8, 4) is 0 Å². The maximum absolute atomic E-state index is 6.86. The number of hydrogen-bond donors (Lipinski definition) is 0. The molecule has 1 saturated carbocycles. The van der Waals surface area contributed by atoms with Gasteiger partial charge in [0.1, 0.15) is 0 Å². The second-order valence-corrected chi connectivity index (χ2v) is 15.1. The van der Waals surface area contributed by atoms with E-state index in [9.17, 15) is 0 Å². The Labute approximate surface area is 288 Å². The summed E-state index contributed by atoms with van der Waals surface area (Å²) in [6.45, 7) is 5.72. The molecule has 0 aromatic carbocycles. The zero-order valence-corrected chi connectivity index (χ0v) is 31.5. The summed E-state index contributed by atoms with van der Waals surface area (Å²) in [5.41, 5.74) is 0. The van der Waals surface area contributed by atoms with Gasteiger partial charge < -0.3 is 14.4 Å². The lowest BCUT2D eigenvalue weighted by Gasteiger charge is -2.30. The van der Waals surface area contributed by atoms with Gasteiger partial charge in [0.2, 0.25) is 0 Å². The van der Waals surface area contributed by atoms with E-state index >= 15 is 0 Å². The monoisotopic (exact) mass is 642 g/mol. The zero-order chi connectivity index (χ0) is 33.0. The molecule has 0 N–H and O–H groups in total. The molecule has 0 aromatic rings. The average molecular weight is 642 g/mol. The van der Waals surface area contributed by atoms with E-state index in [0.717, 1.165) is 31.7 Å². The molecule has 0 bridgehead atoms. The summed E-state index contributed by atoms with van der Waals surface area (Å²) >= 11 is 0. The molecule has 1 saturated heterocycles. The van der Waals surface area contributed by atoms with Crippen molar-refractivity contribution in [1.29, 1.82) is 0 Å². The van der Waals surface area contributed by atoms with Crippen molar-refractivity contribution in [2.45, 2.75) is 212 Å². The summed E-state index contributed by atoms with van der Waals surface area (Å²) in [6, 6.07) is 0. The number of unbranched alkanes of at least 4 members (excludes halogenated alkanes) is 19. The molecule has 46 heavy (non-hydrogen) atoms. The number of hydrogen-bond acceptors (Lipinski definition) is 3. The molecule has 2 rings (SSSR count). The molecule has 1 heterocycles. The van der Waals surface area contributed by atoms with Crippen LogP contribution < -0.4 is 0 Å². The maximum Gasteiger partial charge on any atom is 0.169 e. The van der Waals surface area contributed by atoms with Gasteiger partial charge in [-0.05, 0) is 103 Å². The Kier molecular flexibility index (Phi) is 25.1.